The van der Waals surface area contributed by atoms with E-state index in [-0.39, 0.29) is 18.2 Å². The molecule has 0 saturated heterocycles. The molecule has 0 spiro atoms. The molecule has 0 fully saturated rings. The molecular weight excluding hydrogens is 462 g/mol. The molecule has 0 aromatic heterocycles. The zero-order chi connectivity index (χ0) is 23.7. The average molecular weight is 498 g/mol. The number of halogens is 5. The Labute approximate surface area is 207 Å². The molecule has 0 saturated carbocycles. The normalized spacial score (nSPS) is 13.6. The second-order valence-corrected chi connectivity index (χ2v) is 9.19. The molecule has 0 radical (unpaired) electrons. The Kier molecular flexibility index (Phi) is 11.6. The summed E-state index contributed by atoms with van der Waals surface area (Å²) in [6.45, 7) is 3.56. The quantitative estimate of drug-likeness (QED) is 0.212. The van der Waals surface area contributed by atoms with Crippen molar-refractivity contribution in [2.75, 3.05) is 6.54 Å². The van der Waals surface area contributed by atoms with Gasteiger partial charge in [-0.3, -0.25) is 0 Å². The van der Waals surface area contributed by atoms with Crippen molar-refractivity contribution in [3.63, 3.8) is 0 Å². The Balaban J connectivity index is 0.00000408. The van der Waals surface area contributed by atoms with Crippen LogP contribution in [-0.2, 0) is 19.1 Å². The molecule has 6 heteroatoms. The van der Waals surface area contributed by atoms with Crippen LogP contribution in [0.4, 0.5) is 17.6 Å². The predicted molar refractivity (Wildman–Crippen MR) is 126 cm³/mol. The van der Waals surface area contributed by atoms with Gasteiger partial charge in [-0.05, 0) is 42.3 Å². The van der Waals surface area contributed by atoms with Gasteiger partial charge >= 0.3 is 6.18 Å². The molecule has 0 atom stereocenters. The molecule has 1 heterocycles. The van der Waals surface area contributed by atoms with Crippen molar-refractivity contribution in [3.8, 4) is 0 Å². The fourth-order valence-corrected chi connectivity index (χ4v) is 4.70. The van der Waals surface area contributed by atoms with Gasteiger partial charge in [-0.15, -0.1) is 0 Å². The summed E-state index contributed by atoms with van der Waals surface area (Å²) in [5.74, 6) is -0.215. The summed E-state index contributed by atoms with van der Waals surface area (Å²) in [5.41, 5.74) is 3.56. The minimum atomic E-state index is -4.32. The van der Waals surface area contributed by atoms with Gasteiger partial charge in [0.1, 0.15) is 12.4 Å². The lowest BCUT2D eigenvalue weighted by atomic mass is 9.93. The zero-order valence-corrected chi connectivity index (χ0v) is 20.8. The van der Waals surface area contributed by atoms with Crippen LogP contribution in [0.5, 0.6) is 0 Å². The van der Waals surface area contributed by atoms with Gasteiger partial charge < -0.3 is 12.4 Å². The smallest absolute Gasteiger partial charge is 0.416 e. The third-order valence-electron chi connectivity index (χ3n) is 6.58. The van der Waals surface area contributed by atoms with E-state index in [9.17, 15) is 17.6 Å². The van der Waals surface area contributed by atoms with E-state index in [1.165, 1.54) is 63.1 Å². The maximum atomic E-state index is 13.8. The second-order valence-electron chi connectivity index (χ2n) is 9.19. The van der Waals surface area contributed by atoms with E-state index in [0.29, 0.717) is 6.54 Å². The zero-order valence-electron chi connectivity index (χ0n) is 20.1. The second kappa shape index (κ2) is 13.9. The van der Waals surface area contributed by atoms with Gasteiger partial charge in [-0.25, -0.2) is 8.97 Å². The largest absolute Gasteiger partial charge is 1.00 e. The van der Waals surface area contributed by atoms with Crippen molar-refractivity contribution >= 4 is 5.71 Å². The molecule has 0 unspecified atom stereocenters. The van der Waals surface area contributed by atoms with Gasteiger partial charge in [0.15, 0.2) is 12.3 Å². The van der Waals surface area contributed by atoms with Crippen molar-refractivity contribution in [2.24, 2.45) is 0 Å². The molecule has 0 amide bonds. The van der Waals surface area contributed by atoms with Crippen LogP contribution in [0.25, 0.3) is 0 Å². The van der Waals surface area contributed by atoms with Gasteiger partial charge in [-0.1, -0.05) is 70.4 Å². The summed E-state index contributed by atoms with van der Waals surface area (Å²) < 4.78 is 54.8. The third kappa shape index (κ3) is 8.41. The first-order valence-corrected chi connectivity index (χ1v) is 12.4. The summed E-state index contributed by atoms with van der Waals surface area (Å²) in [5, 5.41) is 0. The molecule has 0 aliphatic carbocycles. The van der Waals surface area contributed by atoms with E-state index in [2.05, 4.69) is 11.5 Å². The number of benzene rings is 2. The van der Waals surface area contributed by atoms with Crippen molar-refractivity contribution in [1.29, 1.82) is 0 Å². The number of alkyl halides is 3. The van der Waals surface area contributed by atoms with E-state index < -0.39 is 11.7 Å². The first-order chi connectivity index (χ1) is 15.9. The van der Waals surface area contributed by atoms with Crippen molar-refractivity contribution in [3.05, 3.63) is 70.5 Å². The maximum Gasteiger partial charge on any atom is 0.416 e. The number of fused-ring (bicyclic) bond motifs is 1. The minimum Gasteiger partial charge on any atom is -1.00 e. The first-order valence-electron chi connectivity index (χ1n) is 12.4. The highest BCUT2D eigenvalue weighted by Gasteiger charge is 2.30. The molecule has 34 heavy (non-hydrogen) atoms. The SMILES string of the molecule is CCCCCCCCCCCC1=[N+](Cc2ccc(C(F)(F)F)cc2)CCc2cc(F)ccc21.[Cl-]. The number of rotatable bonds is 12. The van der Waals surface area contributed by atoms with Gasteiger partial charge in [0, 0.05) is 24.0 Å². The highest BCUT2D eigenvalue weighted by Crippen LogP contribution is 2.29. The topological polar surface area (TPSA) is 3.01 Å². The standard InChI is InChI=1S/C28H36F4N.ClH/c1-2-3-4-5-6-7-8-9-10-11-27-26-17-16-25(29)20-23(26)18-19-33(27)21-22-12-14-24(15-13-22)28(30,31)32;/h12-17,20H,2-11,18-19,21H2,1H3;1H/q+1;/p-1. The number of hydrogen-bond acceptors (Lipinski definition) is 0. The van der Waals surface area contributed by atoms with E-state index >= 15 is 0 Å². The van der Waals surface area contributed by atoms with Gasteiger partial charge in [0.2, 0.25) is 0 Å². The van der Waals surface area contributed by atoms with E-state index in [4.69, 9.17) is 0 Å². The van der Waals surface area contributed by atoms with Crippen LogP contribution in [0.15, 0.2) is 42.5 Å². The summed E-state index contributed by atoms with van der Waals surface area (Å²) in [6.07, 6.45) is 8.64. The van der Waals surface area contributed by atoms with Crippen LogP contribution >= 0.6 is 0 Å². The molecule has 1 nitrogen and oxygen atoms in total. The summed E-state index contributed by atoms with van der Waals surface area (Å²) in [7, 11) is 0. The number of hydrogen-bond donors (Lipinski definition) is 0. The van der Waals surface area contributed by atoms with Crippen molar-refractivity contribution < 1.29 is 34.5 Å². The Morgan fingerprint density at radius 1 is 0.824 bits per heavy atom. The average Bonchev–Trinajstić information content (AvgIpc) is 2.78. The molecule has 0 N–H and O–H groups in total. The van der Waals surface area contributed by atoms with Crippen LogP contribution in [-0.4, -0.2) is 16.8 Å². The van der Waals surface area contributed by atoms with E-state index in [0.717, 1.165) is 54.6 Å². The molecule has 0 bridgehead atoms. The Morgan fingerprint density at radius 2 is 1.44 bits per heavy atom. The summed E-state index contributed by atoms with van der Waals surface area (Å²) >= 11 is 0. The number of unbranched alkanes of at least 4 members (excludes halogenated alkanes) is 8. The lowest BCUT2D eigenvalue weighted by molar-refractivity contribution is -0.545. The summed E-state index contributed by atoms with van der Waals surface area (Å²) in [4.78, 5) is 0. The fourth-order valence-electron chi connectivity index (χ4n) is 4.70. The summed E-state index contributed by atoms with van der Waals surface area (Å²) in [6, 6.07) is 10.5. The molecule has 1 aliphatic heterocycles. The Bertz CT molecular complexity index is 919. The molecular formula is C28H36ClF4N. The van der Waals surface area contributed by atoms with Gasteiger partial charge in [-0.2, -0.15) is 13.2 Å². The van der Waals surface area contributed by atoms with Gasteiger partial charge in [0.25, 0.3) is 0 Å². The highest BCUT2D eigenvalue weighted by molar-refractivity contribution is 5.98. The molecule has 1 aliphatic rings. The van der Waals surface area contributed by atoms with Crippen LogP contribution in [0.3, 0.4) is 0 Å². The van der Waals surface area contributed by atoms with Crippen LogP contribution < -0.4 is 12.4 Å². The third-order valence-corrected chi connectivity index (χ3v) is 6.58. The number of nitrogens with zero attached hydrogens (tertiary/aromatic N) is 1. The monoisotopic (exact) mass is 497 g/mol. The van der Waals surface area contributed by atoms with Crippen LogP contribution in [0, 0.1) is 5.82 Å². The van der Waals surface area contributed by atoms with Crippen LogP contribution in [0.1, 0.15) is 93.4 Å². The fraction of sp³-hybridized carbons (Fsp3) is 0.536. The van der Waals surface area contributed by atoms with Crippen molar-refractivity contribution in [1.82, 2.24) is 0 Å². The lowest BCUT2D eigenvalue weighted by Gasteiger charge is -2.19. The van der Waals surface area contributed by atoms with Crippen molar-refractivity contribution in [2.45, 2.75) is 90.3 Å². The Morgan fingerprint density at radius 3 is 2.06 bits per heavy atom. The molecule has 2 aromatic carbocycles. The lowest BCUT2D eigenvalue weighted by Crippen LogP contribution is -3.00. The Hall–Kier alpha value is -1.88. The highest BCUT2D eigenvalue weighted by atomic mass is 35.5. The molecule has 188 valence electrons. The van der Waals surface area contributed by atoms with E-state index in [1.54, 1.807) is 18.2 Å². The minimum absolute atomic E-state index is 0. The maximum absolute atomic E-state index is 13.8. The van der Waals surface area contributed by atoms with Gasteiger partial charge in [0.05, 0.1) is 5.56 Å². The molecule has 2 aromatic rings. The predicted octanol–water partition coefficient (Wildman–Crippen LogP) is 5.33. The van der Waals surface area contributed by atoms with Crippen LogP contribution in [0.2, 0.25) is 0 Å². The molecule has 3 rings (SSSR count). The first kappa shape index (κ1) is 28.4. The van der Waals surface area contributed by atoms with E-state index in [1.807, 2.05) is 6.07 Å².